The van der Waals surface area contributed by atoms with Gasteiger partial charge in [0.05, 0.1) is 37.7 Å². The molecular formula is C18H18CaN8O8. The van der Waals surface area contributed by atoms with Gasteiger partial charge in [0.25, 0.3) is 11.1 Å². The zero-order chi connectivity index (χ0) is 25.5. The molecule has 0 saturated heterocycles. The summed E-state index contributed by atoms with van der Waals surface area (Å²) in [6.45, 7) is -1.54. The molecule has 0 amide bonds. The third-order valence-electron chi connectivity index (χ3n) is 4.98. The van der Waals surface area contributed by atoms with Crippen LogP contribution in [0, 0.1) is 0 Å². The van der Waals surface area contributed by atoms with E-state index in [4.69, 9.17) is 0 Å². The number of aromatic nitrogens is 8. The van der Waals surface area contributed by atoms with E-state index in [9.17, 15) is 39.0 Å². The van der Waals surface area contributed by atoms with Crippen LogP contribution in [-0.4, -0.2) is 87.0 Å². The maximum Gasteiger partial charge on any atom is 2.00 e. The Balaban J connectivity index is 0.000000240. The molecule has 0 aliphatic rings. The first-order chi connectivity index (χ1) is 15.9. The number of nitrogens with zero attached hydrogens (tertiary/aromatic N) is 8. The van der Waals surface area contributed by atoms with Gasteiger partial charge in [0.1, 0.15) is 0 Å². The Morgan fingerprint density at radius 3 is 1.31 bits per heavy atom. The van der Waals surface area contributed by atoms with Crippen LogP contribution >= 0.6 is 0 Å². The predicted octanol–water partition coefficient (Wildman–Crippen LogP) is -6.01. The summed E-state index contributed by atoms with van der Waals surface area (Å²) in [5, 5.41) is 21.0. The van der Waals surface area contributed by atoms with Gasteiger partial charge in [-0.05, 0) is 0 Å². The quantitative estimate of drug-likeness (QED) is 0.236. The fourth-order valence-corrected chi connectivity index (χ4v) is 3.33. The summed E-state index contributed by atoms with van der Waals surface area (Å²) < 4.78 is 6.34. The molecule has 17 heteroatoms. The molecule has 0 spiro atoms. The average molecular weight is 514 g/mol. The summed E-state index contributed by atoms with van der Waals surface area (Å²) in [5.74, 6) is -2.99. The van der Waals surface area contributed by atoms with E-state index in [0.717, 1.165) is 9.13 Å². The maximum absolute atomic E-state index is 11.9. The topological polar surface area (TPSA) is 204 Å². The van der Waals surface area contributed by atoms with Crippen LogP contribution in [0.3, 0.4) is 0 Å². The van der Waals surface area contributed by atoms with E-state index in [0.29, 0.717) is 9.13 Å². The van der Waals surface area contributed by atoms with E-state index in [1.807, 2.05) is 0 Å². The number of fused-ring (bicyclic) bond motifs is 2. The second-order valence-electron chi connectivity index (χ2n) is 7.27. The molecule has 4 aromatic rings. The van der Waals surface area contributed by atoms with Crippen LogP contribution < -0.4 is 32.7 Å². The van der Waals surface area contributed by atoms with E-state index in [1.165, 1.54) is 35.9 Å². The molecule has 0 bridgehead atoms. The number of aryl methyl sites for hydroxylation is 4. The summed E-state index contributed by atoms with van der Waals surface area (Å²) in [4.78, 5) is 76.1. The minimum Gasteiger partial charge on any atom is -0.548 e. The molecule has 35 heavy (non-hydrogen) atoms. The number of imidazole rings is 2. The predicted molar refractivity (Wildman–Crippen MR) is 116 cm³/mol. The van der Waals surface area contributed by atoms with Crippen LogP contribution in [-0.2, 0) is 50.9 Å². The molecule has 0 N–H and O–H groups in total. The van der Waals surface area contributed by atoms with Crippen molar-refractivity contribution in [3.05, 3.63) is 54.3 Å². The van der Waals surface area contributed by atoms with Gasteiger partial charge >= 0.3 is 49.1 Å². The van der Waals surface area contributed by atoms with Gasteiger partial charge in [-0.15, -0.1) is 0 Å². The van der Waals surface area contributed by atoms with E-state index in [1.54, 1.807) is 14.1 Å². The van der Waals surface area contributed by atoms with E-state index >= 15 is 0 Å². The normalized spacial score (nSPS) is 10.6. The van der Waals surface area contributed by atoms with Crippen molar-refractivity contribution in [2.75, 3.05) is 0 Å². The zero-order valence-electron chi connectivity index (χ0n) is 19.1. The first kappa shape index (κ1) is 27.7. The maximum atomic E-state index is 11.9. The van der Waals surface area contributed by atoms with Gasteiger partial charge in [-0.1, -0.05) is 0 Å². The molecule has 16 nitrogen and oxygen atoms in total. The van der Waals surface area contributed by atoms with Gasteiger partial charge in [0.2, 0.25) is 0 Å². The largest absolute Gasteiger partial charge is 2.00 e. The molecule has 180 valence electrons. The second kappa shape index (κ2) is 10.4. The molecule has 0 aliphatic carbocycles. The Kier molecular flexibility index (Phi) is 8.25. The SMILES string of the molecule is Cn1cnc2c1c(=O)n(CC(=O)[O-])c(=O)n2C.Cn1cnc2c1c(=O)n(CC(=O)[O-])c(=O)n2C.[Ca+2]. The van der Waals surface area contributed by atoms with Crippen molar-refractivity contribution in [2.24, 2.45) is 28.2 Å². The van der Waals surface area contributed by atoms with E-state index < -0.39 is 47.5 Å². The standard InChI is InChI=1S/2C9H10N4O4.Ca/c2*1-11-4-10-7-6(11)8(16)13(3-5(14)15)9(17)12(7)2;/h2*4H,3H2,1-2H3,(H,14,15);/q;;+2/p-2. The van der Waals surface area contributed by atoms with Crippen LogP contribution in [0.2, 0.25) is 0 Å². The Bertz CT molecular complexity index is 1570. The number of carbonyl (C=O) groups is 2. The Morgan fingerprint density at radius 2 is 1.03 bits per heavy atom. The summed E-state index contributed by atoms with van der Waals surface area (Å²) in [6, 6.07) is 0. The van der Waals surface area contributed by atoms with Crippen LogP contribution in [0.25, 0.3) is 22.3 Å². The number of carboxylic acids is 2. The molecule has 0 saturated carbocycles. The molecular weight excluding hydrogens is 496 g/mol. The van der Waals surface area contributed by atoms with Crippen molar-refractivity contribution < 1.29 is 19.8 Å². The molecule has 0 radical (unpaired) electrons. The van der Waals surface area contributed by atoms with Crippen molar-refractivity contribution >= 4 is 72.0 Å². The Morgan fingerprint density at radius 1 is 0.714 bits per heavy atom. The number of aliphatic carboxylic acids is 2. The Labute approximate surface area is 223 Å². The number of hydrogen-bond acceptors (Lipinski definition) is 10. The summed E-state index contributed by atoms with van der Waals surface area (Å²) in [7, 11) is 6.01. The summed E-state index contributed by atoms with van der Waals surface area (Å²) >= 11 is 0. The number of hydrogen-bond donors (Lipinski definition) is 0. The van der Waals surface area contributed by atoms with Crippen molar-refractivity contribution in [1.29, 1.82) is 0 Å². The third-order valence-corrected chi connectivity index (χ3v) is 4.98. The number of carbonyl (C=O) groups excluding carboxylic acids is 2. The zero-order valence-corrected chi connectivity index (χ0v) is 21.3. The molecule has 4 rings (SSSR count). The number of carboxylic acid groups (broad SMARTS) is 2. The molecule has 0 fully saturated rings. The van der Waals surface area contributed by atoms with Gasteiger partial charge in [-0.25, -0.2) is 19.6 Å². The van der Waals surface area contributed by atoms with E-state index in [2.05, 4.69) is 9.97 Å². The summed E-state index contributed by atoms with van der Waals surface area (Å²) in [6.07, 6.45) is 2.77. The van der Waals surface area contributed by atoms with Gasteiger partial charge in [-0.2, -0.15) is 0 Å². The summed E-state index contributed by atoms with van der Waals surface area (Å²) in [5.41, 5.74) is -2.05. The van der Waals surface area contributed by atoms with Gasteiger partial charge < -0.3 is 28.9 Å². The molecule has 0 aliphatic heterocycles. The fourth-order valence-electron chi connectivity index (χ4n) is 3.33. The smallest absolute Gasteiger partial charge is 0.548 e. The van der Waals surface area contributed by atoms with Gasteiger partial charge in [0, 0.05) is 28.2 Å². The minimum absolute atomic E-state index is 0. The second-order valence-corrected chi connectivity index (χ2v) is 7.27. The monoisotopic (exact) mass is 514 g/mol. The van der Waals surface area contributed by atoms with Crippen molar-refractivity contribution in [1.82, 2.24) is 37.4 Å². The first-order valence-corrected chi connectivity index (χ1v) is 9.48. The van der Waals surface area contributed by atoms with Crippen molar-refractivity contribution in [2.45, 2.75) is 13.1 Å². The average Bonchev–Trinajstić information content (AvgIpc) is 3.34. The van der Waals surface area contributed by atoms with Crippen molar-refractivity contribution in [3.8, 4) is 0 Å². The molecule has 0 aromatic carbocycles. The van der Waals surface area contributed by atoms with Crippen LogP contribution in [0.4, 0.5) is 0 Å². The molecule has 4 aromatic heterocycles. The minimum atomic E-state index is -1.49. The van der Waals surface area contributed by atoms with Gasteiger partial charge in [0.15, 0.2) is 22.3 Å². The Hall–Kier alpha value is -3.50. The molecule has 4 heterocycles. The van der Waals surface area contributed by atoms with Gasteiger partial charge in [-0.3, -0.25) is 27.9 Å². The van der Waals surface area contributed by atoms with Crippen LogP contribution in [0.15, 0.2) is 31.8 Å². The van der Waals surface area contributed by atoms with Crippen LogP contribution in [0.1, 0.15) is 0 Å². The van der Waals surface area contributed by atoms with Crippen molar-refractivity contribution in [3.63, 3.8) is 0 Å². The first-order valence-electron chi connectivity index (χ1n) is 9.48. The van der Waals surface area contributed by atoms with Crippen LogP contribution in [0.5, 0.6) is 0 Å². The number of rotatable bonds is 4. The fraction of sp³-hybridized carbons (Fsp3) is 0.333. The van der Waals surface area contributed by atoms with E-state index in [-0.39, 0.29) is 60.1 Å². The molecule has 0 atom stereocenters. The molecule has 0 unspecified atom stereocenters. The third kappa shape index (κ3) is 4.98.